The molecule has 8 heteroatoms. The largest absolute Gasteiger partial charge is 0.480 e. The minimum atomic E-state index is -3.63. The molecule has 7 nitrogen and oxygen atoms in total. The van der Waals surface area contributed by atoms with Gasteiger partial charge in [-0.1, -0.05) is 32.9 Å². The monoisotopic (exact) mass is 394 g/mol. The lowest BCUT2D eigenvalue weighted by molar-refractivity contribution is -0.154. The van der Waals surface area contributed by atoms with Gasteiger partial charge in [0.1, 0.15) is 5.41 Å². The minimum absolute atomic E-state index is 0.0583. The standard InChI is InChI=1S/C19H26N2O5S/c1-18(2,3)14-4-6-15(7-5-14)27(25,26)21-12-10-20(11-13-21)16(22)19(8-9-19)17(23)24/h4-7H,8-13H2,1-3H3,(H,23,24). The Hall–Kier alpha value is -1.93. The molecule has 3 rings (SSSR count). The minimum Gasteiger partial charge on any atom is -0.480 e. The fraction of sp³-hybridized carbons (Fsp3) is 0.579. The molecule has 0 spiro atoms. The molecule has 0 radical (unpaired) electrons. The van der Waals surface area contributed by atoms with E-state index in [1.807, 2.05) is 12.1 Å². The Morgan fingerprint density at radius 2 is 1.52 bits per heavy atom. The highest BCUT2D eigenvalue weighted by molar-refractivity contribution is 7.89. The van der Waals surface area contributed by atoms with Crippen LogP contribution < -0.4 is 0 Å². The highest BCUT2D eigenvalue weighted by Crippen LogP contribution is 2.47. The van der Waals surface area contributed by atoms with E-state index in [1.54, 1.807) is 12.1 Å². The Balaban J connectivity index is 1.68. The number of nitrogens with zero attached hydrogens (tertiary/aromatic N) is 2. The summed E-state index contributed by atoms with van der Waals surface area (Å²) in [6.45, 7) is 6.97. The van der Waals surface area contributed by atoms with Crippen molar-refractivity contribution < 1.29 is 23.1 Å². The highest BCUT2D eigenvalue weighted by Gasteiger charge is 2.58. The van der Waals surface area contributed by atoms with E-state index in [9.17, 15) is 23.1 Å². The first-order chi connectivity index (χ1) is 12.5. The van der Waals surface area contributed by atoms with Crippen LogP contribution in [0.15, 0.2) is 29.2 Å². The molecule has 1 aromatic carbocycles. The van der Waals surface area contributed by atoms with Gasteiger partial charge in [-0.2, -0.15) is 4.31 Å². The van der Waals surface area contributed by atoms with Gasteiger partial charge in [0.05, 0.1) is 4.90 Å². The van der Waals surface area contributed by atoms with Gasteiger partial charge in [0.25, 0.3) is 0 Å². The molecule has 1 saturated carbocycles. The number of rotatable bonds is 4. The van der Waals surface area contributed by atoms with Crippen molar-refractivity contribution >= 4 is 21.9 Å². The number of carbonyl (C=O) groups excluding carboxylic acids is 1. The molecule has 1 amide bonds. The molecule has 0 unspecified atom stereocenters. The summed E-state index contributed by atoms with van der Waals surface area (Å²) in [6, 6.07) is 6.90. The summed E-state index contributed by atoms with van der Waals surface area (Å²) in [6.07, 6.45) is 0.722. The number of sulfonamides is 1. The lowest BCUT2D eigenvalue weighted by Gasteiger charge is -2.35. The van der Waals surface area contributed by atoms with E-state index in [2.05, 4.69) is 20.8 Å². The fourth-order valence-corrected chi connectivity index (χ4v) is 4.78. The van der Waals surface area contributed by atoms with Crippen molar-refractivity contribution in [3.05, 3.63) is 29.8 Å². The summed E-state index contributed by atoms with van der Waals surface area (Å²) in [7, 11) is -3.63. The summed E-state index contributed by atoms with van der Waals surface area (Å²) < 4.78 is 27.1. The Labute approximate surface area is 160 Å². The van der Waals surface area contributed by atoms with Crippen molar-refractivity contribution in [1.82, 2.24) is 9.21 Å². The third-order valence-corrected chi connectivity index (χ3v) is 7.37. The number of hydrogen-bond acceptors (Lipinski definition) is 4. The van der Waals surface area contributed by atoms with Crippen molar-refractivity contribution in [2.24, 2.45) is 5.41 Å². The quantitative estimate of drug-likeness (QED) is 0.784. The van der Waals surface area contributed by atoms with E-state index < -0.39 is 21.4 Å². The lowest BCUT2D eigenvalue weighted by Crippen LogP contribution is -2.53. The molecule has 1 aliphatic carbocycles. The molecule has 0 bridgehead atoms. The normalized spacial score (nSPS) is 20.3. The molecule has 1 aliphatic heterocycles. The molecule has 2 aliphatic rings. The van der Waals surface area contributed by atoms with Crippen LogP contribution in [0.25, 0.3) is 0 Å². The highest BCUT2D eigenvalue weighted by atomic mass is 32.2. The first-order valence-electron chi connectivity index (χ1n) is 9.12. The first kappa shape index (κ1) is 19.8. The van der Waals surface area contributed by atoms with Gasteiger partial charge in [0.15, 0.2) is 0 Å². The Morgan fingerprint density at radius 3 is 1.93 bits per heavy atom. The van der Waals surface area contributed by atoms with Crippen LogP contribution in [0.5, 0.6) is 0 Å². The van der Waals surface area contributed by atoms with E-state index in [4.69, 9.17) is 0 Å². The van der Waals surface area contributed by atoms with Crippen LogP contribution in [0.4, 0.5) is 0 Å². The molecule has 1 saturated heterocycles. The summed E-state index contributed by atoms with van der Waals surface area (Å²) in [5.41, 5.74) is -0.277. The molecular weight excluding hydrogens is 368 g/mol. The van der Waals surface area contributed by atoms with Crippen molar-refractivity contribution in [2.45, 2.75) is 43.9 Å². The Morgan fingerprint density at radius 1 is 1.00 bits per heavy atom. The van der Waals surface area contributed by atoms with E-state index in [0.29, 0.717) is 12.8 Å². The first-order valence-corrected chi connectivity index (χ1v) is 10.6. The molecular formula is C19H26N2O5S. The van der Waals surface area contributed by atoms with E-state index >= 15 is 0 Å². The third kappa shape index (κ3) is 3.60. The summed E-state index contributed by atoms with van der Waals surface area (Å²) >= 11 is 0. The molecule has 148 valence electrons. The van der Waals surface area contributed by atoms with Crippen LogP contribution in [-0.2, 0) is 25.0 Å². The van der Waals surface area contributed by atoms with Crippen molar-refractivity contribution in [2.75, 3.05) is 26.2 Å². The number of aliphatic carboxylic acids is 1. The third-order valence-electron chi connectivity index (χ3n) is 5.45. The van der Waals surface area contributed by atoms with Gasteiger partial charge in [-0.05, 0) is 36.0 Å². The Bertz CT molecular complexity index is 843. The van der Waals surface area contributed by atoms with Gasteiger partial charge in [-0.3, -0.25) is 9.59 Å². The molecule has 27 heavy (non-hydrogen) atoms. The maximum Gasteiger partial charge on any atom is 0.319 e. The van der Waals surface area contributed by atoms with Gasteiger partial charge in [0.2, 0.25) is 15.9 Å². The van der Waals surface area contributed by atoms with E-state index in [1.165, 1.54) is 9.21 Å². The summed E-state index contributed by atoms with van der Waals surface area (Å²) in [5, 5.41) is 9.26. The van der Waals surface area contributed by atoms with E-state index in [-0.39, 0.29) is 42.4 Å². The number of carbonyl (C=O) groups is 2. The maximum atomic E-state index is 12.9. The smallest absolute Gasteiger partial charge is 0.319 e. The van der Waals surface area contributed by atoms with Crippen molar-refractivity contribution in [3.8, 4) is 0 Å². The van der Waals surface area contributed by atoms with Crippen LogP contribution >= 0.6 is 0 Å². The summed E-state index contributed by atoms with van der Waals surface area (Å²) in [4.78, 5) is 25.5. The zero-order valence-electron chi connectivity index (χ0n) is 15.9. The number of carboxylic acid groups (broad SMARTS) is 1. The number of benzene rings is 1. The second kappa shape index (κ2) is 6.60. The molecule has 1 aromatic rings. The second-order valence-corrected chi connectivity index (χ2v) is 10.3. The fourth-order valence-electron chi connectivity index (χ4n) is 3.35. The van der Waals surface area contributed by atoms with Crippen molar-refractivity contribution in [1.29, 1.82) is 0 Å². The topological polar surface area (TPSA) is 95.0 Å². The van der Waals surface area contributed by atoms with Crippen LogP contribution in [-0.4, -0.2) is 60.8 Å². The zero-order valence-corrected chi connectivity index (χ0v) is 16.8. The number of carboxylic acids is 1. The van der Waals surface area contributed by atoms with Gasteiger partial charge >= 0.3 is 5.97 Å². The zero-order chi connectivity index (χ0) is 20.0. The number of hydrogen-bond donors (Lipinski definition) is 1. The number of amides is 1. The average Bonchev–Trinajstić information content (AvgIpc) is 3.42. The summed E-state index contributed by atoms with van der Waals surface area (Å²) in [5.74, 6) is -1.47. The van der Waals surface area contributed by atoms with Crippen molar-refractivity contribution in [3.63, 3.8) is 0 Å². The van der Waals surface area contributed by atoms with Gasteiger partial charge in [-0.15, -0.1) is 0 Å². The number of piperazine rings is 1. The predicted octanol–water partition coefficient (Wildman–Crippen LogP) is 1.68. The molecule has 0 aromatic heterocycles. The molecule has 2 fully saturated rings. The molecule has 1 heterocycles. The van der Waals surface area contributed by atoms with Gasteiger partial charge < -0.3 is 10.0 Å². The second-order valence-electron chi connectivity index (χ2n) is 8.36. The SMILES string of the molecule is CC(C)(C)c1ccc(S(=O)(=O)N2CCN(C(=O)C3(C(=O)O)CC3)CC2)cc1. The van der Waals surface area contributed by atoms with Crippen LogP contribution in [0.3, 0.4) is 0 Å². The van der Waals surface area contributed by atoms with E-state index in [0.717, 1.165) is 5.56 Å². The Kier molecular flexibility index (Phi) is 4.84. The van der Waals surface area contributed by atoms with Crippen LogP contribution in [0.2, 0.25) is 0 Å². The molecule has 0 atom stereocenters. The predicted molar refractivity (Wildman–Crippen MR) is 99.8 cm³/mol. The molecule has 1 N–H and O–H groups in total. The maximum absolute atomic E-state index is 12.9. The van der Waals surface area contributed by atoms with Gasteiger partial charge in [-0.25, -0.2) is 8.42 Å². The van der Waals surface area contributed by atoms with Gasteiger partial charge in [0, 0.05) is 26.2 Å². The van der Waals surface area contributed by atoms with Crippen LogP contribution in [0, 0.1) is 5.41 Å². The average molecular weight is 394 g/mol. The van der Waals surface area contributed by atoms with Crippen LogP contribution in [0.1, 0.15) is 39.2 Å². The lowest BCUT2D eigenvalue weighted by atomic mass is 9.87.